The largest absolute Gasteiger partial charge is 0.465 e. The number of rotatable bonds is 6. The molecule has 0 aromatic heterocycles. The van der Waals surface area contributed by atoms with Crippen molar-refractivity contribution in [3.05, 3.63) is 35.9 Å². The van der Waals surface area contributed by atoms with Gasteiger partial charge in [0.05, 0.1) is 5.25 Å². The van der Waals surface area contributed by atoms with Crippen LogP contribution in [0.1, 0.15) is 5.56 Å². The minimum Gasteiger partial charge on any atom is -0.465 e. The number of carboxylic acid groups (broad SMARTS) is 1. The van der Waals surface area contributed by atoms with Gasteiger partial charge in [-0.25, -0.2) is 4.79 Å². The molecule has 0 heterocycles. The molecule has 86 valence electrons. The fourth-order valence-electron chi connectivity index (χ4n) is 1.11. The summed E-state index contributed by atoms with van der Waals surface area (Å²) in [6, 6.07) is 9.74. The fraction of sp³-hybridized carbons (Fsp3) is 0.273. The van der Waals surface area contributed by atoms with Crippen molar-refractivity contribution in [2.45, 2.75) is 11.0 Å². The Morgan fingerprint density at radius 3 is 2.69 bits per heavy atom. The molecular formula is C11H13NO3S. The van der Waals surface area contributed by atoms with Crippen molar-refractivity contribution in [2.24, 2.45) is 0 Å². The van der Waals surface area contributed by atoms with E-state index in [0.717, 1.165) is 11.8 Å². The number of carbonyl (C=O) groups excluding carboxylic acids is 1. The van der Waals surface area contributed by atoms with Gasteiger partial charge in [0.1, 0.15) is 6.29 Å². The number of nitrogens with one attached hydrogen (secondary N) is 1. The van der Waals surface area contributed by atoms with Gasteiger partial charge < -0.3 is 15.2 Å². The second-order valence-electron chi connectivity index (χ2n) is 3.16. The van der Waals surface area contributed by atoms with Crippen molar-refractivity contribution in [1.29, 1.82) is 0 Å². The van der Waals surface area contributed by atoms with Crippen molar-refractivity contribution in [1.82, 2.24) is 5.32 Å². The minimum atomic E-state index is -1.10. The van der Waals surface area contributed by atoms with Gasteiger partial charge in [0.2, 0.25) is 0 Å². The second kappa shape index (κ2) is 6.90. The SMILES string of the molecule is O=CC(CNC(=O)O)SCc1ccccc1. The van der Waals surface area contributed by atoms with Gasteiger partial charge in [0.15, 0.2) is 0 Å². The molecule has 1 atom stereocenters. The third kappa shape index (κ3) is 4.84. The van der Waals surface area contributed by atoms with Crippen molar-refractivity contribution < 1.29 is 14.7 Å². The molecule has 1 aromatic rings. The smallest absolute Gasteiger partial charge is 0.404 e. The zero-order valence-corrected chi connectivity index (χ0v) is 9.44. The lowest BCUT2D eigenvalue weighted by molar-refractivity contribution is -0.107. The average molecular weight is 239 g/mol. The van der Waals surface area contributed by atoms with Gasteiger partial charge in [-0.15, -0.1) is 11.8 Å². The van der Waals surface area contributed by atoms with Crippen LogP contribution < -0.4 is 5.32 Å². The molecule has 0 radical (unpaired) electrons. The number of amides is 1. The fourth-order valence-corrected chi connectivity index (χ4v) is 1.99. The number of thioether (sulfide) groups is 1. The standard InChI is InChI=1S/C11H13NO3S/c13-7-10(6-12-11(14)15)16-8-9-4-2-1-3-5-9/h1-5,7,10,12H,6,8H2,(H,14,15). The quantitative estimate of drug-likeness (QED) is 0.742. The number of hydrogen-bond donors (Lipinski definition) is 2. The van der Waals surface area contributed by atoms with Gasteiger partial charge in [0.25, 0.3) is 0 Å². The Kier molecular flexibility index (Phi) is 5.42. The van der Waals surface area contributed by atoms with Crippen LogP contribution in [0.3, 0.4) is 0 Å². The maximum absolute atomic E-state index is 10.7. The predicted octanol–water partition coefficient (Wildman–Crippen LogP) is 1.75. The van der Waals surface area contributed by atoms with Crippen LogP contribution in [0.4, 0.5) is 4.79 Å². The van der Waals surface area contributed by atoms with E-state index in [1.165, 1.54) is 11.8 Å². The Balaban J connectivity index is 2.34. The molecule has 0 saturated heterocycles. The van der Waals surface area contributed by atoms with Crippen LogP contribution in [0.15, 0.2) is 30.3 Å². The van der Waals surface area contributed by atoms with Gasteiger partial charge in [-0.1, -0.05) is 30.3 Å². The first-order valence-corrected chi connectivity index (χ1v) is 5.85. The molecule has 1 aromatic carbocycles. The lowest BCUT2D eigenvalue weighted by Gasteiger charge is -2.09. The second-order valence-corrected chi connectivity index (χ2v) is 4.38. The molecule has 2 N–H and O–H groups in total. The zero-order valence-electron chi connectivity index (χ0n) is 8.63. The van der Waals surface area contributed by atoms with Gasteiger partial charge in [-0.05, 0) is 5.56 Å². The Morgan fingerprint density at radius 1 is 1.44 bits per heavy atom. The van der Waals surface area contributed by atoms with Crippen molar-refractivity contribution in [2.75, 3.05) is 6.54 Å². The molecule has 0 aliphatic rings. The summed E-state index contributed by atoms with van der Waals surface area (Å²) in [5.41, 5.74) is 1.12. The summed E-state index contributed by atoms with van der Waals surface area (Å²) >= 11 is 1.42. The monoisotopic (exact) mass is 239 g/mol. The van der Waals surface area contributed by atoms with E-state index < -0.39 is 6.09 Å². The Bertz CT molecular complexity index is 342. The summed E-state index contributed by atoms with van der Waals surface area (Å²) in [7, 11) is 0. The van der Waals surface area contributed by atoms with Crippen LogP contribution >= 0.6 is 11.8 Å². The summed E-state index contributed by atoms with van der Waals surface area (Å²) in [6.45, 7) is 0.149. The molecule has 16 heavy (non-hydrogen) atoms. The maximum Gasteiger partial charge on any atom is 0.404 e. The van der Waals surface area contributed by atoms with Gasteiger partial charge >= 0.3 is 6.09 Å². The van der Waals surface area contributed by atoms with Crippen LogP contribution in [0, 0.1) is 0 Å². The van der Waals surface area contributed by atoms with Crippen molar-refractivity contribution >= 4 is 24.1 Å². The first kappa shape index (κ1) is 12.6. The Hall–Kier alpha value is -1.49. The van der Waals surface area contributed by atoms with Crippen molar-refractivity contribution in [3.63, 3.8) is 0 Å². The highest BCUT2D eigenvalue weighted by atomic mass is 32.2. The van der Waals surface area contributed by atoms with E-state index in [9.17, 15) is 9.59 Å². The van der Waals surface area contributed by atoms with E-state index >= 15 is 0 Å². The summed E-state index contributed by atoms with van der Waals surface area (Å²) < 4.78 is 0. The zero-order chi connectivity index (χ0) is 11.8. The van der Waals surface area contributed by atoms with Crippen LogP contribution in [-0.2, 0) is 10.5 Å². The van der Waals surface area contributed by atoms with E-state index in [2.05, 4.69) is 5.32 Å². The molecule has 5 heteroatoms. The molecule has 1 unspecified atom stereocenters. The molecule has 0 aliphatic carbocycles. The first-order valence-electron chi connectivity index (χ1n) is 4.80. The molecule has 1 amide bonds. The number of aldehydes is 1. The van der Waals surface area contributed by atoms with Crippen LogP contribution in [0.2, 0.25) is 0 Å². The highest BCUT2D eigenvalue weighted by Gasteiger charge is 2.09. The number of carbonyl (C=O) groups is 2. The summed E-state index contributed by atoms with van der Waals surface area (Å²) in [6.07, 6.45) is -0.337. The predicted molar refractivity (Wildman–Crippen MR) is 63.6 cm³/mol. The molecule has 0 spiro atoms. The third-order valence-corrected chi connectivity index (χ3v) is 3.12. The van der Waals surface area contributed by atoms with Gasteiger partial charge in [-0.3, -0.25) is 0 Å². The molecule has 0 saturated carbocycles. The highest BCUT2D eigenvalue weighted by Crippen LogP contribution is 2.15. The molecular weight excluding hydrogens is 226 g/mol. The minimum absolute atomic E-state index is 0.149. The van der Waals surface area contributed by atoms with E-state index in [0.29, 0.717) is 5.75 Å². The van der Waals surface area contributed by atoms with Gasteiger partial charge in [0, 0.05) is 12.3 Å². The van der Waals surface area contributed by atoms with Gasteiger partial charge in [-0.2, -0.15) is 0 Å². The number of hydrogen-bond acceptors (Lipinski definition) is 3. The topological polar surface area (TPSA) is 66.4 Å². The maximum atomic E-state index is 10.7. The van der Waals surface area contributed by atoms with Crippen LogP contribution in [-0.4, -0.2) is 29.3 Å². The Labute approximate surface area is 98.0 Å². The molecule has 0 fully saturated rings. The number of benzene rings is 1. The third-order valence-electron chi connectivity index (χ3n) is 1.91. The summed E-state index contributed by atoms with van der Waals surface area (Å²) in [4.78, 5) is 20.9. The lowest BCUT2D eigenvalue weighted by Crippen LogP contribution is -2.30. The van der Waals surface area contributed by atoms with E-state index in [4.69, 9.17) is 5.11 Å². The molecule has 0 bridgehead atoms. The Morgan fingerprint density at radius 2 is 2.12 bits per heavy atom. The molecule has 0 aliphatic heterocycles. The normalized spacial score (nSPS) is 11.8. The first-order chi connectivity index (χ1) is 7.72. The lowest BCUT2D eigenvalue weighted by atomic mass is 10.2. The van der Waals surface area contributed by atoms with Crippen LogP contribution in [0.25, 0.3) is 0 Å². The van der Waals surface area contributed by atoms with E-state index in [1.807, 2.05) is 30.3 Å². The summed E-state index contributed by atoms with van der Waals surface area (Å²) in [5, 5.41) is 10.3. The van der Waals surface area contributed by atoms with E-state index in [-0.39, 0.29) is 11.8 Å². The molecule has 4 nitrogen and oxygen atoms in total. The van der Waals surface area contributed by atoms with E-state index in [1.54, 1.807) is 0 Å². The highest BCUT2D eigenvalue weighted by molar-refractivity contribution is 7.99. The average Bonchev–Trinajstić information content (AvgIpc) is 2.30. The van der Waals surface area contributed by atoms with Crippen LogP contribution in [0.5, 0.6) is 0 Å². The van der Waals surface area contributed by atoms with Crippen molar-refractivity contribution in [3.8, 4) is 0 Å². The molecule has 1 rings (SSSR count). The summed E-state index contributed by atoms with van der Waals surface area (Å²) in [5.74, 6) is 0.700.